The molecule has 166 valence electrons. The van der Waals surface area contributed by atoms with E-state index >= 15 is 0 Å². The Balaban J connectivity index is 1.66. The van der Waals surface area contributed by atoms with Crippen molar-refractivity contribution in [1.29, 1.82) is 0 Å². The van der Waals surface area contributed by atoms with Gasteiger partial charge in [0.25, 0.3) is 0 Å². The van der Waals surface area contributed by atoms with Crippen LogP contribution in [-0.4, -0.2) is 34.6 Å². The first kappa shape index (κ1) is 23.7. The van der Waals surface area contributed by atoms with Gasteiger partial charge in [-0.05, 0) is 49.1 Å². The van der Waals surface area contributed by atoms with Crippen LogP contribution >= 0.6 is 23.4 Å². The number of hydrogen-bond donors (Lipinski definition) is 1. The summed E-state index contributed by atoms with van der Waals surface area (Å²) in [6, 6.07) is 17.3. The second-order valence-electron chi connectivity index (χ2n) is 7.97. The van der Waals surface area contributed by atoms with Crippen molar-refractivity contribution in [2.75, 3.05) is 5.75 Å². The SMILES string of the molecule is CC[C@@H](C(=O)NC1CCCC1)N(Cc1ccccc1)C(=O)CCSc1ccc(Cl)cc1. The van der Waals surface area contributed by atoms with Crippen molar-refractivity contribution in [2.24, 2.45) is 0 Å². The maximum atomic E-state index is 13.2. The van der Waals surface area contributed by atoms with Crippen molar-refractivity contribution in [3.8, 4) is 0 Å². The normalized spacial score (nSPS) is 14.9. The Morgan fingerprint density at radius 3 is 2.42 bits per heavy atom. The van der Waals surface area contributed by atoms with Crippen LogP contribution in [0.2, 0.25) is 5.02 Å². The molecule has 0 spiro atoms. The smallest absolute Gasteiger partial charge is 0.243 e. The largest absolute Gasteiger partial charge is 0.352 e. The minimum absolute atomic E-state index is 0.0127. The molecule has 1 atom stereocenters. The highest BCUT2D eigenvalue weighted by molar-refractivity contribution is 7.99. The zero-order chi connectivity index (χ0) is 22.1. The number of amides is 2. The van der Waals surface area contributed by atoms with Crippen LogP contribution in [0.5, 0.6) is 0 Å². The predicted molar refractivity (Wildman–Crippen MR) is 128 cm³/mol. The third-order valence-electron chi connectivity index (χ3n) is 5.68. The highest BCUT2D eigenvalue weighted by Gasteiger charge is 2.30. The summed E-state index contributed by atoms with van der Waals surface area (Å²) >= 11 is 7.58. The molecule has 0 saturated heterocycles. The summed E-state index contributed by atoms with van der Waals surface area (Å²) in [7, 11) is 0. The van der Waals surface area contributed by atoms with Crippen LogP contribution in [0, 0.1) is 0 Å². The summed E-state index contributed by atoms with van der Waals surface area (Å²) in [6.07, 6.45) is 5.38. The minimum atomic E-state index is -0.450. The van der Waals surface area contributed by atoms with E-state index in [1.807, 2.05) is 61.5 Å². The van der Waals surface area contributed by atoms with E-state index in [1.54, 1.807) is 16.7 Å². The second-order valence-corrected chi connectivity index (χ2v) is 9.58. The number of carbonyl (C=O) groups is 2. The van der Waals surface area contributed by atoms with Gasteiger partial charge in [0.15, 0.2) is 0 Å². The van der Waals surface area contributed by atoms with Gasteiger partial charge >= 0.3 is 0 Å². The molecule has 0 radical (unpaired) electrons. The fourth-order valence-corrected chi connectivity index (χ4v) is 4.96. The van der Waals surface area contributed by atoms with E-state index in [-0.39, 0.29) is 17.9 Å². The first-order chi connectivity index (χ1) is 15.1. The number of benzene rings is 2. The number of hydrogen-bond acceptors (Lipinski definition) is 3. The molecule has 0 unspecified atom stereocenters. The standard InChI is InChI=1S/C25H31ClN2O2S/c1-2-23(25(30)27-21-10-6-7-11-21)28(18-19-8-4-3-5-9-19)24(29)16-17-31-22-14-12-20(26)13-15-22/h3-5,8-9,12-15,21,23H,2,6-7,10-11,16-18H2,1H3,(H,27,30)/t23-/m0/s1. The molecule has 0 heterocycles. The van der Waals surface area contributed by atoms with E-state index in [1.165, 1.54) is 0 Å². The molecular formula is C25H31ClN2O2S. The number of nitrogens with zero attached hydrogens (tertiary/aromatic N) is 1. The number of carbonyl (C=O) groups excluding carboxylic acids is 2. The van der Waals surface area contributed by atoms with Crippen LogP contribution in [0.4, 0.5) is 0 Å². The Kier molecular flexibility index (Phi) is 9.29. The highest BCUT2D eigenvalue weighted by atomic mass is 35.5. The lowest BCUT2D eigenvalue weighted by molar-refractivity contribution is -0.141. The van der Waals surface area contributed by atoms with Crippen LogP contribution in [0.15, 0.2) is 59.5 Å². The molecule has 0 aromatic heterocycles. The molecule has 2 aromatic rings. The quantitative estimate of drug-likeness (QED) is 0.465. The Hall–Kier alpha value is -1.98. The van der Waals surface area contributed by atoms with Crippen LogP contribution in [-0.2, 0) is 16.1 Å². The van der Waals surface area contributed by atoms with E-state index < -0.39 is 6.04 Å². The lowest BCUT2D eigenvalue weighted by Crippen LogP contribution is -2.51. The molecule has 0 aliphatic heterocycles. The number of halogens is 1. The van der Waals surface area contributed by atoms with Crippen molar-refractivity contribution in [3.05, 3.63) is 65.2 Å². The van der Waals surface area contributed by atoms with Gasteiger partial charge in [-0.15, -0.1) is 11.8 Å². The number of nitrogens with one attached hydrogen (secondary N) is 1. The monoisotopic (exact) mass is 458 g/mol. The Labute approximate surface area is 194 Å². The van der Waals surface area contributed by atoms with Gasteiger partial charge in [0.05, 0.1) is 0 Å². The van der Waals surface area contributed by atoms with E-state index in [2.05, 4.69) is 5.32 Å². The van der Waals surface area contributed by atoms with Gasteiger partial charge in [-0.3, -0.25) is 9.59 Å². The summed E-state index contributed by atoms with van der Waals surface area (Å²) in [5.74, 6) is 0.648. The molecule has 1 aliphatic carbocycles. The van der Waals surface area contributed by atoms with Gasteiger partial charge in [-0.25, -0.2) is 0 Å². The van der Waals surface area contributed by atoms with Crippen molar-refractivity contribution in [2.45, 2.75) is 69.0 Å². The van der Waals surface area contributed by atoms with Crippen LogP contribution in [0.1, 0.15) is 51.0 Å². The summed E-state index contributed by atoms with van der Waals surface area (Å²) in [5, 5.41) is 3.89. The highest BCUT2D eigenvalue weighted by Crippen LogP contribution is 2.23. The summed E-state index contributed by atoms with van der Waals surface area (Å²) in [5.41, 5.74) is 1.04. The third-order valence-corrected chi connectivity index (χ3v) is 6.95. The summed E-state index contributed by atoms with van der Waals surface area (Å²) in [4.78, 5) is 29.2. The van der Waals surface area contributed by atoms with E-state index in [9.17, 15) is 9.59 Å². The van der Waals surface area contributed by atoms with Crippen molar-refractivity contribution < 1.29 is 9.59 Å². The molecule has 31 heavy (non-hydrogen) atoms. The van der Waals surface area contributed by atoms with Crippen LogP contribution in [0.3, 0.4) is 0 Å². The van der Waals surface area contributed by atoms with E-state index in [0.29, 0.717) is 30.2 Å². The number of rotatable bonds is 10. The Bertz CT molecular complexity index is 838. The van der Waals surface area contributed by atoms with Crippen molar-refractivity contribution in [3.63, 3.8) is 0 Å². The molecular weight excluding hydrogens is 428 g/mol. The van der Waals surface area contributed by atoms with E-state index in [0.717, 1.165) is 36.1 Å². The maximum absolute atomic E-state index is 13.2. The Morgan fingerprint density at radius 1 is 1.10 bits per heavy atom. The molecule has 3 rings (SSSR count). The minimum Gasteiger partial charge on any atom is -0.352 e. The van der Waals surface area contributed by atoms with Gasteiger partial charge in [0.1, 0.15) is 6.04 Å². The lowest BCUT2D eigenvalue weighted by atomic mass is 10.1. The van der Waals surface area contributed by atoms with Crippen molar-refractivity contribution in [1.82, 2.24) is 10.2 Å². The zero-order valence-electron chi connectivity index (χ0n) is 18.1. The van der Waals surface area contributed by atoms with Gasteiger partial charge in [0, 0.05) is 34.7 Å². The molecule has 6 heteroatoms. The third kappa shape index (κ3) is 7.29. The van der Waals surface area contributed by atoms with Crippen molar-refractivity contribution >= 4 is 35.2 Å². The first-order valence-electron chi connectivity index (χ1n) is 11.1. The van der Waals surface area contributed by atoms with Gasteiger partial charge in [-0.1, -0.05) is 61.7 Å². The molecule has 1 aliphatic rings. The maximum Gasteiger partial charge on any atom is 0.243 e. The average molecular weight is 459 g/mol. The van der Waals surface area contributed by atoms with E-state index in [4.69, 9.17) is 11.6 Å². The second kappa shape index (κ2) is 12.2. The Morgan fingerprint density at radius 2 is 1.77 bits per heavy atom. The lowest BCUT2D eigenvalue weighted by Gasteiger charge is -2.31. The van der Waals surface area contributed by atoms with Gasteiger partial charge in [-0.2, -0.15) is 0 Å². The molecule has 1 N–H and O–H groups in total. The fraction of sp³-hybridized carbons (Fsp3) is 0.440. The molecule has 1 fully saturated rings. The van der Waals surface area contributed by atoms with Gasteiger partial charge < -0.3 is 10.2 Å². The average Bonchev–Trinajstić information content (AvgIpc) is 3.28. The predicted octanol–water partition coefficient (Wildman–Crippen LogP) is 5.69. The summed E-state index contributed by atoms with van der Waals surface area (Å²) < 4.78 is 0. The molecule has 2 aromatic carbocycles. The zero-order valence-corrected chi connectivity index (χ0v) is 19.6. The first-order valence-corrected chi connectivity index (χ1v) is 12.4. The number of thioether (sulfide) groups is 1. The fourth-order valence-electron chi connectivity index (χ4n) is 4.00. The molecule has 2 amide bonds. The van der Waals surface area contributed by atoms with Crippen LogP contribution < -0.4 is 5.32 Å². The summed E-state index contributed by atoms with van der Waals surface area (Å²) in [6.45, 7) is 2.43. The van der Waals surface area contributed by atoms with Gasteiger partial charge in [0.2, 0.25) is 11.8 Å². The van der Waals surface area contributed by atoms with Crippen LogP contribution in [0.25, 0.3) is 0 Å². The topological polar surface area (TPSA) is 49.4 Å². The molecule has 1 saturated carbocycles. The molecule has 4 nitrogen and oxygen atoms in total. The molecule has 0 bridgehead atoms.